The molecule has 0 aromatic heterocycles. The standard InChI is InChI=1S/C14H17F3O5/c1-13(2,3)22-12(18)10-6-5-9(21-14(15,16)17)7-11(10)20-8-19-4/h5-7H,8H2,1-4H3. The zero-order valence-corrected chi connectivity index (χ0v) is 12.6. The Balaban J connectivity index is 3.07. The Morgan fingerprint density at radius 3 is 2.32 bits per heavy atom. The van der Waals surface area contributed by atoms with Crippen LogP contribution in [0.2, 0.25) is 0 Å². The summed E-state index contributed by atoms with van der Waals surface area (Å²) in [7, 11) is 1.34. The Labute approximate surface area is 125 Å². The van der Waals surface area contributed by atoms with Crippen LogP contribution in [0.25, 0.3) is 0 Å². The number of carbonyl (C=O) groups excluding carboxylic acids is 1. The van der Waals surface area contributed by atoms with Crippen LogP contribution in [0.15, 0.2) is 18.2 Å². The number of ether oxygens (including phenoxy) is 4. The predicted octanol–water partition coefficient (Wildman–Crippen LogP) is 3.52. The van der Waals surface area contributed by atoms with Crippen molar-refractivity contribution in [2.24, 2.45) is 0 Å². The van der Waals surface area contributed by atoms with Gasteiger partial charge >= 0.3 is 12.3 Å². The molecule has 1 aromatic rings. The molecule has 0 atom stereocenters. The van der Waals surface area contributed by atoms with Gasteiger partial charge in [-0.2, -0.15) is 0 Å². The second kappa shape index (κ2) is 6.87. The predicted molar refractivity (Wildman–Crippen MR) is 70.8 cm³/mol. The zero-order chi connectivity index (χ0) is 17.0. The highest BCUT2D eigenvalue weighted by atomic mass is 19.4. The lowest BCUT2D eigenvalue weighted by Crippen LogP contribution is -2.24. The highest BCUT2D eigenvalue weighted by Gasteiger charge is 2.32. The van der Waals surface area contributed by atoms with E-state index in [2.05, 4.69) is 9.47 Å². The molecular weight excluding hydrogens is 305 g/mol. The molecule has 0 amide bonds. The molecule has 0 bridgehead atoms. The van der Waals surface area contributed by atoms with Gasteiger partial charge in [-0.3, -0.25) is 0 Å². The van der Waals surface area contributed by atoms with E-state index in [0.717, 1.165) is 18.2 Å². The fourth-order valence-corrected chi connectivity index (χ4v) is 1.44. The number of carbonyl (C=O) groups is 1. The average Bonchev–Trinajstić information content (AvgIpc) is 2.32. The molecule has 0 fully saturated rings. The second-order valence-electron chi connectivity index (χ2n) is 5.26. The number of hydrogen-bond acceptors (Lipinski definition) is 5. The van der Waals surface area contributed by atoms with Crippen molar-refractivity contribution in [2.75, 3.05) is 13.9 Å². The summed E-state index contributed by atoms with van der Waals surface area (Å²) in [5.41, 5.74) is -0.780. The minimum Gasteiger partial charge on any atom is -0.467 e. The third-order valence-electron chi connectivity index (χ3n) is 2.14. The van der Waals surface area contributed by atoms with E-state index < -0.39 is 23.7 Å². The quantitative estimate of drug-likeness (QED) is 0.613. The molecular formula is C14H17F3O5. The Kier molecular flexibility index (Phi) is 5.65. The average molecular weight is 322 g/mol. The van der Waals surface area contributed by atoms with Gasteiger partial charge in [0.2, 0.25) is 0 Å². The summed E-state index contributed by atoms with van der Waals surface area (Å²) < 4.78 is 55.4. The highest BCUT2D eigenvalue weighted by Crippen LogP contribution is 2.30. The van der Waals surface area contributed by atoms with Gasteiger partial charge in [0.25, 0.3) is 0 Å². The summed E-state index contributed by atoms with van der Waals surface area (Å²) >= 11 is 0. The van der Waals surface area contributed by atoms with Crippen LogP contribution in [-0.4, -0.2) is 31.8 Å². The fraction of sp³-hybridized carbons (Fsp3) is 0.500. The minimum atomic E-state index is -4.84. The lowest BCUT2D eigenvalue weighted by atomic mass is 10.1. The molecule has 0 radical (unpaired) electrons. The Bertz CT molecular complexity index is 520. The van der Waals surface area contributed by atoms with Crippen LogP contribution in [-0.2, 0) is 9.47 Å². The monoisotopic (exact) mass is 322 g/mol. The van der Waals surface area contributed by atoms with Crippen molar-refractivity contribution in [1.29, 1.82) is 0 Å². The van der Waals surface area contributed by atoms with Gasteiger partial charge in [0.05, 0.1) is 0 Å². The van der Waals surface area contributed by atoms with Gasteiger partial charge in [0.1, 0.15) is 22.7 Å². The summed E-state index contributed by atoms with van der Waals surface area (Å²) in [6.45, 7) is 4.76. The fourth-order valence-electron chi connectivity index (χ4n) is 1.44. The first-order valence-corrected chi connectivity index (χ1v) is 6.27. The van der Waals surface area contributed by atoms with Crippen LogP contribution in [0.4, 0.5) is 13.2 Å². The van der Waals surface area contributed by atoms with Crippen LogP contribution in [0.3, 0.4) is 0 Å². The summed E-state index contributed by atoms with van der Waals surface area (Å²) in [5, 5.41) is 0. The van der Waals surface area contributed by atoms with Crippen molar-refractivity contribution in [3.8, 4) is 11.5 Å². The molecule has 124 valence electrons. The molecule has 22 heavy (non-hydrogen) atoms. The summed E-state index contributed by atoms with van der Waals surface area (Å²) in [5.74, 6) is -1.36. The van der Waals surface area contributed by atoms with Crippen LogP contribution in [0.5, 0.6) is 11.5 Å². The van der Waals surface area contributed by atoms with Crippen molar-refractivity contribution in [3.63, 3.8) is 0 Å². The topological polar surface area (TPSA) is 54.0 Å². The van der Waals surface area contributed by atoms with Crippen LogP contribution in [0, 0.1) is 0 Å². The number of methoxy groups -OCH3 is 1. The summed E-state index contributed by atoms with van der Waals surface area (Å²) in [6, 6.07) is 3.10. The first-order valence-electron chi connectivity index (χ1n) is 6.27. The molecule has 5 nitrogen and oxygen atoms in total. The second-order valence-corrected chi connectivity index (χ2v) is 5.26. The maximum Gasteiger partial charge on any atom is 0.573 e. The smallest absolute Gasteiger partial charge is 0.467 e. The van der Waals surface area contributed by atoms with Gasteiger partial charge in [-0.1, -0.05) is 0 Å². The molecule has 0 aliphatic rings. The number of alkyl halides is 3. The van der Waals surface area contributed by atoms with Gasteiger partial charge in [-0.15, -0.1) is 13.2 Å². The van der Waals surface area contributed by atoms with E-state index in [-0.39, 0.29) is 18.1 Å². The SMILES string of the molecule is COCOc1cc(OC(F)(F)F)ccc1C(=O)OC(C)(C)C. The molecule has 0 aliphatic heterocycles. The number of halogens is 3. The Morgan fingerprint density at radius 1 is 1.18 bits per heavy atom. The lowest BCUT2D eigenvalue weighted by Gasteiger charge is -2.21. The zero-order valence-electron chi connectivity index (χ0n) is 12.6. The van der Waals surface area contributed by atoms with Crippen molar-refractivity contribution in [3.05, 3.63) is 23.8 Å². The van der Waals surface area contributed by atoms with E-state index in [1.54, 1.807) is 20.8 Å². The maximum absolute atomic E-state index is 12.2. The normalized spacial score (nSPS) is 12.0. The molecule has 0 N–H and O–H groups in total. The molecule has 0 saturated heterocycles. The molecule has 0 unspecified atom stereocenters. The number of hydrogen-bond donors (Lipinski definition) is 0. The molecule has 0 spiro atoms. The van der Waals surface area contributed by atoms with E-state index in [1.807, 2.05) is 0 Å². The molecule has 1 rings (SSSR count). The minimum absolute atomic E-state index is 0.0264. The number of rotatable bonds is 5. The van der Waals surface area contributed by atoms with Crippen LogP contribution >= 0.6 is 0 Å². The van der Waals surface area contributed by atoms with Crippen LogP contribution < -0.4 is 9.47 Å². The number of benzene rings is 1. The van der Waals surface area contributed by atoms with Crippen molar-refractivity contribution < 1.29 is 36.9 Å². The summed E-state index contributed by atoms with van der Waals surface area (Å²) in [6.07, 6.45) is -4.84. The molecule has 8 heteroatoms. The Morgan fingerprint density at radius 2 is 1.82 bits per heavy atom. The Hall–Kier alpha value is -1.96. The third-order valence-corrected chi connectivity index (χ3v) is 2.14. The van der Waals surface area contributed by atoms with Gasteiger partial charge in [0, 0.05) is 13.2 Å². The van der Waals surface area contributed by atoms with Gasteiger partial charge in [-0.25, -0.2) is 4.79 Å². The van der Waals surface area contributed by atoms with Crippen molar-refractivity contribution >= 4 is 5.97 Å². The van der Waals surface area contributed by atoms with E-state index in [0.29, 0.717) is 0 Å². The van der Waals surface area contributed by atoms with Gasteiger partial charge in [-0.05, 0) is 32.9 Å². The van der Waals surface area contributed by atoms with E-state index in [1.165, 1.54) is 7.11 Å². The third kappa shape index (κ3) is 6.21. The van der Waals surface area contributed by atoms with Gasteiger partial charge < -0.3 is 18.9 Å². The molecule has 1 aromatic carbocycles. The maximum atomic E-state index is 12.2. The largest absolute Gasteiger partial charge is 0.573 e. The van der Waals surface area contributed by atoms with E-state index in [9.17, 15) is 18.0 Å². The molecule has 0 aliphatic carbocycles. The van der Waals surface area contributed by atoms with Gasteiger partial charge in [0.15, 0.2) is 6.79 Å². The van der Waals surface area contributed by atoms with Crippen molar-refractivity contribution in [1.82, 2.24) is 0 Å². The molecule has 0 saturated carbocycles. The number of esters is 1. The first kappa shape index (κ1) is 18.1. The summed E-state index contributed by atoms with van der Waals surface area (Å²) in [4.78, 5) is 12.0. The first-order chi connectivity index (χ1) is 10.0. The van der Waals surface area contributed by atoms with Crippen LogP contribution in [0.1, 0.15) is 31.1 Å². The van der Waals surface area contributed by atoms with Crippen molar-refractivity contribution in [2.45, 2.75) is 32.7 Å². The highest BCUT2D eigenvalue weighted by molar-refractivity contribution is 5.93. The van der Waals surface area contributed by atoms with E-state index in [4.69, 9.17) is 9.47 Å². The molecule has 0 heterocycles. The van der Waals surface area contributed by atoms with E-state index >= 15 is 0 Å². The lowest BCUT2D eigenvalue weighted by molar-refractivity contribution is -0.274.